The van der Waals surface area contributed by atoms with Crippen LogP contribution < -0.4 is 9.47 Å². The quantitative estimate of drug-likeness (QED) is 0.774. The molecule has 2 aromatic carbocycles. The molecule has 1 unspecified atom stereocenters. The lowest BCUT2D eigenvalue weighted by atomic mass is 9.89. The molecule has 0 spiro atoms. The van der Waals surface area contributed by atoms with E-state index in [1.807, 2.05) is 25.1 Å². The van der Waals surface area contributed by atoms with Gasteiger partial charge >= 0.3 is 0 Å². The molecule has 0 aliphatic heterocycles. The molecule has 0 amide bonds. The first kappa shape index (κ1) is 15.9. The van der Waals surface area contributed by atoms with Crippen molar-refractivity contribution in [1.82, 2.24) is 0 Å². The smallest absolute Gasteiger partial charge is 0.162 e. The molecule has 122 valence electrons. The van der Waals surface area contributed by atoms with Crippen LogP contribution in [-0.2, 0) is 17.8 Å². The molecule has 0 saturated heterocycles. The van der Waals surface area contributed by atoms with Gasteiger partial charge in [0.2, 0.25) is 0 Å². The fourth-order valence-corrected chi connectivity index (χ4v) is 3.15. The monoisotopic (exact) mass is 312 g/mol. The van der Waals surface area contributed by atoms with E-state index in [9.17, 15) is 0 Å². The molecule has 3 heteroatoms. The zero-order valence-electron chi connectivity index (χ0n) is 13.9. The molecule has 1 aliphatic rings. The Kier molecular flexibility index (Phi) is 5.19. The van der Waals surface area contributed by atoms with E-state index in [1.165, 1.54) is 11.1 Å². The van der Waals surface area contributed by atoms with Crippen LogP contribution in [0.3, 0.4) is 0 Å². The molecule has 0 saturated carbocycles. The first-order chi connectivity index (χ1) is 11.3. The Labute approximate surface area is 138 Å². The van der Waals surface area contributed by atoms with E-state index in [0.29, 0.717) is 6.61 Å². The van der Waals surface area contributed by atoms with Gasteiger partial charge in [0.05, 0.1) is 13.2 Å². The molecule has 0 N–H and O–H groups in total. The predicted octanol–water partition coefficient (Wildman–Crippen LogP) is 4.69. The summed E-state index contributed by atoms with van der Waals surface area (Å²) in [6.45, 7) is 3.32. The highest BCUT2D eigenvalue weighted by Crippen LogP contribution is 2.40. The van der Waals surface area contributed by atoms with E-state index >= 15 is 0 Å². The van der Waals surface area contributed by atoms with Gasteiger partial charge in [-0.15, -0.1) is 0 Å². The predicted molar refractivity (Wildman–Crippen MR) is 91.1 cm³/mol. The van der Waals surface area contributed by atoms with Gasteiger partial charge in [0.25, 0.3) is 0 Å². The maximum Gasteiger partial charge on any atom is 0.162 e. The Hall–Kier alpha value is -2.00. The van der Waals surface area contributed by atoms with Crippen LogP contribution in [0.1, 0.15) is 42.6 Å². The van der Waals surface area contributed by atoms with E-state index in [4.69, 9.17) is 14.2 Å². The lowest BCUT2D eigenvalue weighted by molar-refractivity contribution is 0.0497. The van der Waals surface area contributed by atoms with Crippen molar-refractivity contribution in [2.75, 3.05) is 13.7 Å². The molecule has 1 atom stereocenters. The first-order valence-corrected chi connectivity index (χ1v) is 8.31. The average molecular weight is 312 g/mol. The number of hydrogen-bond acceptors (Lipinski definition) is 3. The second-order valence-corrected chi connectivity index (χ2v) is 5.81. The summed E-state index contributed by atoms with van der Waals surface area (Å²) in [4.78, 5) is 0. The van der Waals surface area contributed by atoms with E-state index in [1.54, 1.807) is 7.11 Å². The first-order valence-electron chi connectivity index (χ1n) is 8.31. The number of rotatable bonds is 6. The minimum Gasteiger partial charge on any atom is -0.493 e. The van der Waals surface area contributed by atoms with Crippen LogP contribution in [0.2, 0.25) is 0 Å². The Morgan fingerprint density at radius 3 is 2.65 bits per heavy atom. The molecule has 1 aliphatic carbocycles. The number of hydrogen-bond donors (Lipinski definition) is 0. The van der Waals surface area contributed by atoms with Crippen molar-refractivity contribution >= 4 is 0 Å². The van der Waals surface area contributed by atoms with Crippen LogP contribution in [0.15, 0.2) is 42.5 Å². The van der Waals surface area contributed by atoms with Crippen molar-refractivity contribution in [2.45, 2.75) is 38.9 Å². The van der Waals surface area contributed by atoms with Crippen molar-refractivity contribution in [3.8, 4) is 11.5 Å². The van der Waals surface area contributed by atoms with Crippen LogP contribution in [0.4, 0.5) is 0 Å². The second kappa shape index (κ2) is 7.51. The van der Waals surface area contributed by atoms with Crippen molar-refractivity contribution < 1.29 is 14.2 Å². The maximum absolute atomic E-state index is 6.03. The van der Waals surface area contributed by atoms with Crippen LogP contribution in [-0.4, -0.2) is 13.7 Å². The third-order valence-electron chi connectivity index (χ3n) is 4.29. The Balaban J connectivity index is 1.85. The van der Waals surface area contributed by atoms with Gasteiger partial charge in [-0.05, 0) is 55.0 Å². The number of aryl methyl sites for hydroxylation is 1. The van der Waals surface area contributed by atoms with Gasteiger partial charge in [0, 0.05) is 6.61 Å². The van der Waals surface area contributed by atoms with Gasteiger partial charge in [0.15, 0.2) is 11.5 Å². The molecule has 2 aromatic rings. The highest BCUT2D eigenvalue weighted by atomic mass is 16.5. The van der Waals surface area contributed by atoms with Crippen LogP contribution in [0.25, 0.3) is 0 Å². The number of methoxy groups -OCH3 is 1. The SMILES string of the molecule is CCOC1CCCc2cc(OC)c(OCc3ccccc3)cc21. The fourth-order valence-electron chi connectivity index (χ4n) is 3.15. The fraction of sp³-hybridized carbons (Fsp3) is 0.400. The minimum atomic E-state index is 0.175. The largest absolute Gasteiger partial charge is 0.493 e. The molecule has 0 fully saturated rings. The number of ether oxygens (including phenoxy) is 3. The molecule has 0 bridgehead atoms. The van der Waals surface area contributed by atoms with Crippen LogP contribution >= 0.6 is 0 Å². The number of fused-ring (bicyclic) bond motifs is 1. The van der Waals surface area contributed by atoms with Crippen molar-refractivity contribution in [3.05, 3.63) is 59.2 Å². The van der Waals surface area contributed by atoms with Gasteiger partial charge in [-0.3, -0.25) is 0 Å². The summed E-state index contributed by atoms with van der Waals surface area (Å²) in [5, 5.41) is 0. The Morgan fingerprint density at radius 2 is 1.91 bits per heavy atom. The second-order valence-electron chi connectivity index (χ2n) is 5.81. The van der Waals surface area contributed by atoms with Gasteiger partial charge in [0.1, 0.15) is 6.61 Å². The Morgan fingerprint density at radius 1 is 1.09 bits per heavy atom. The van der Waals surface area contributed by atoms with Crippen molar-refractivity contribution in [3.63, 3.8) is 0 Å². The summed E-state index contributed by atoms with van der Waals surface area (Å²) in [6, 6.07) is 14.4. The molecule has 3 rings (SSSR count). The van der Waals surface area contributed by atoms with E-state index < -0.39 is 0 Å². The van der Waals surface area contributed by atoms with E-state index in [0.717, 1.165) is 42.9 Å². The van der Waals surface area contributed by atoms with Gasteiger partial charge < -0.3 is 14.2 Å². The maximum atomic E-state index is 6.03. The molecule has 0 heterocycles. The summed E-state index contributed by atoms with van der Waals surface area (Å²) in [5.41, 5.74) is 3.72. The van der Waals surface area contributed by atoms with E-state index in [-0.39, 0.29) is 6.10 Å². The third kappa shape index (κ3) is 3.67. The lowest BCUT2D eigenvalue weighted by Gasteiger charge is -2.27. The number of benzene rings is 2. The summed E-state index contributed by atoms with van der Waals surface area (Å²) in [7, 11) is 1.69. The molecule has 0 radical (unpaired) electrons. The highest BCUT2D eigenvalue weighted by Gasteiger charge is 2.23. The van der Waals surface area contributed by atoms with Crippen LogP contribution in [0, 0.1) is 0 Å². The van der Waals surface area contributed by atoms with Gasteiger partial charge in [-0.1, -0.05) is 30.3 Å². The van der Waals surface area contributed by atoms with E-state index in [2.05, 4.69) is 24.3 Å². The standard InChI is InChI=1S/C20H24O3/c1-3-22-18-11-7-10-16-12-19(21-2)20(13-17(16)18)23-14-15-8-5-4-6-9-15/h4-6,8-9,12-13,18H,3,7,10-11,14H2,1-2H3. The summed E-state index contributed by atoms with van der Waals surface area (Å²) < 4.78 is 17.5. The molecule has 23 heavy (non-hydrogen) atoms. The Bertz CT molecular complexity index is 637. The average Bonchev–Trinajstić information content (AvgIpc) is 2.60. The van der Waals surface area contributed by atoms with Crippen LogP contribution in [0.5, 0.6) is 11.5 Å². The zero-order chi connectivity index (χ0) is 16.1. The summed E-state index contributed by atoms with van der Waals surface area (Å²) in [5.74, 6) is 1.60. The topological polar surface area (TPSA) is 27.7 Å². The minimum absolute atomic E-state index is 0.175. The molecule has 3 nitrogen and oxygen atoms in total. The normalized spacial score (nSPS) is 16.7. The summed E-state index contributed by atoms with van der Waals surface area (Å²) >= 11 is 0. The van der Waals surface area contributed by atoms with Gasteiger partial charge in [-0.2, -0.15) is 0 Å². The zero-order valence-corrected chi connectivity index (χ0v) is 13.9. The molecular weight excluding hydrogens is 288 g/mol. The van der Waals surface area contributed by atoms with Crippen molar-refractivity contribution in [1.29, 1.82) is 0 Å². The highest BCUT2D eigenvalue weighted by molar-refractivity contribution is 5.49. The van der Waals surface area contributed by atoms with Crippen molar-refractivity contribution in [2.24, 2.45) is 0 Å². The molecular formula is C20H24O3. The summed E-state index contributed by atoms with van der Waals surface area (Å²) in [6.07, 6.45) is 3.48. The van der Waals surface area contributed by atoms with Gasteiger partial charge in [-0.25, -0.2) is 0 Å². The third-order valence-corrected chi connectivity index (χ3v) is 4.29. The molecule has 0 aromatic heterocycles. The lowest BCUT2D eigenvalue weighted by Crippen LogP contribution is -2.13.